The van der Waals surface area contributed by atoms with Gasteiger partial charge in [-0.2, -0.15) is 0 Å². The number of pyridine rings is 1. The van der Waals surface area contributed by atoms with E-state index in [-0.39, 0.29) is 0 Å². The molecule has 6 heteroatoms. The van der Waals surface area contributed by atoms with Gasteiger partial charge in [-0.15, -0.1) is 0 Å². The van der Waals surface area contributed by atoms with Crippen molar-refractivity contribution in [3.05, 3.63) is 53.6 Å². The molecule has 0 spiro atoms. The summed E-state index contributed by atoms with van der Waals surface area (Å²) < 4.78 is 5.49. The minimum Gasteiger partial charge on any atom is -0.496 e. The number of aliphatic hydroxyl groups excluding tert-OH is 1. The smallest absolute Gasteiger partial charge is 0.177 e. The number of aromatic amines is 2. The Hall–Kier alpha value is -2.86. The van der Waals surface area contributed by atoms with Crippen LogP contribution in [0.25, 0.3) is 22.1 Å². The molecular formula is C17H16N4O2. The quantitative estimate of drug-likeness (QED) is 0.543. The van der Waals surface area contributed by atoms with Gasteiger partial charge in [-0.25, -0.2) is 9.97 Å². The van der Waals surface area contributed by atoms with Crippen molar-refractivity contribution in [1.29, 1.82) is 0 Å². The van der Waals surface area contributed by atoms with E-state index in [9.17, 15) is 5.11 Å². The van der Waals surface area contributed by atoms with Crippen LogP contribution in [0.4, 0.5) is 0 Å². The van der Waals surface area contributed by atoms with E-state index >= 15 is 0 Å². The number of nitrogens with one attached hydrogen (secondary N) is 2. The summed E-state index contributed by atoms with van der Waals surface area (Å²) in [5.41, 5.74) is 4.10. The number of ether oxygens (including phenoxy) is 1. The fourth-order valence-electron chi connectivity index (χ4n) is 2.98. The Morgan fingerprint density at radius 3 is 2.96 bits per heavy atom. The van der Waals surface area contributed by atoms with E-state index in [1.54, 1.807) is 13.3 Å². The fraction of sp³-hybridized carbons (Fsp3) is 0.176. The van der Waals surface area contributed by atoms with Crippen molar-refractivity contribution >= 4 is 22.1 Å². The van der Waals surface area contributed by atoms with Gasteiger partial charge in [-0.05, 0) is 36.8 Å². The molecule has 23 heavy (non-hydrogen) atoms. The predicted molar refractivity (Wildman–Crippen MR) is 87.5 cm³/mol. The van der Waals surface area contributed by atoms with Crippen LogP contribution in [-0.2, 0) is 0 Å². The van der Waals surface area contributed by atoms with Gasteiger partial charge >= 0.3 is 0 Å². The molecule has 1 atom stereocenters. The number of H-pyrrole nitrogens is 2. The highest BCUT2D eigenvalue weighted by Crippen LogP contribution is 2.37. The van der Waals surface area contributed by atoms with Gasteiger partial charge in [-0.1, -0.05) is 0 Å². The van der Waals surface area contributed by atoms with Crippen LogP contribution >= 0.6 is 0 Å². The average molecular weight is 308 g/mol. The van der Waals surface area contributed by atoms with Crippen molar-refractivity contribution in [2.24, 2.45) is 0 Å². The van der Waals surface area contributed by atoms with Crippen LogP contribution in [-0.4, -0.2) is 32.2 Å². The number of aromatic nitrogens is 4. The Kier molecular flexibility index (Phi) is 3.06. The summed E-state index contributed by atoms with van der Waals surface area (Å²) in [5.74, 6) is 1.08. The third kappa shape index (κ3) is 2.07. The molecule has 3 heterocycles. The van der Waals surface area contributed by atoms with Crippen molar-refractivity contribution in [2.75, 3.05) is 7.11 Å². The number of fused-ring (bicyclic) bond motifs is 2. The number of aryl methyl sites for hydroxylation is 1. The van der Waals surface area contributed by atoms with E-state index in [1.165, 1.54) is 0 Å². The topological polar surface area (TPSA) is 86.8 Å². The van der Waals surface area contributed by atoms with E-state index < -0.39 is 6.10 Å². The van der Waals surface area contributed by atoms with E-state index in [0.717, 1.165) is 22.0 Å². The second-order valence-corrected chi connectivity index (χ2v) is 5.47. The Labute approximate surface area is 132 Å². The number of nitrogens with zero attached hydrogens (tertiary/aromatic N) is 2. The molecule has 3 N–H and O–H groups in total. The number of hydrogen-bond donors (Lipinski definition) is 3. The van der Waals surface area contributed by atoms with Gasteiger partial charge in [0.1, 0.15) is 17.7 Å². The molecule has 0 saturated heterocycles. The molecule has 0 aliphatic heterocycles. The minimum atomic E-state index is -0.932. The molecule has 0 aliphatic rings. The minimum absolute atomic E-state index is 0.448. The number of hydrogen-bond acceptors (Lipinski definition) is 4. The highest BCUT2D eigenvalue weighted by atomic mass is 16.5. The molecule has 1 aromatic carbocycles. The number of aliphatic hydroxyl groups is 1. The molecule has 0 amide bonds. The van der Waals surface area contributed by atoms with Crippen LogP contribution < -0.4 is 4.74 Å². The Morgan fingerprint density at radius 2 is 2.17 bits per heavy atom. The summed E-state index contributed by atoms with van der Waals surface area (Å²) in [6.07, 6.45) is 2.60. The number of methoxy groups -OCH3 is 1. The summed E-state index contributed by atoms with van der Waals surface area (Å²) in [6.45, 7) is 2.00. The SMILES string of the molecule is COc1cc(C)c2[nH]ccc2c1C(O)c1nc2ncccc2[nH]1. The van der Waals surface area contributed by atoms with Crippen LogP contribution in [0.2, 0.25) is 0 Å². The molecular weight excluding hydrogens is 292 g/mol. The van der Waals surface area contributed by atoms with Crippen molar-refractivity contribution in [2.45, 2.75) is 13.0 Å². The van der Waals surface area contributed by atoms with Crippen LogP contribution in [0.3, 0.4) is 0 Å². The number of imidazole rings is 1. The van der Waals surface area contributed by atoms with Gasteiger partial charge in [0.2, 0.25) is 0 Å². The van der Waals surface area contributed by atoms with E-state index in [0.29, 0.717) is 22.8 Å². The van der Waals surface area contributed by atoms with Gasteiger partial charge in [0.25, 0.3) is 0 Å². The molecule has 0 fully saturated rings. The highest BCUT2D eigenvalue weighted by molar-refractivity contribution is 5.89. The van der Waals surface area contributed by atoms with Crippen molar-refractivity contribution < 1.29 is 9.84 Å². The molecule has 0 saturated carbocycles. The highest BCUT2D eigenvalue weighted by Gasteiger charge is 2.23. The molecule has 0 bridgehead atoms. The first-order chi connectivity index (χ1) is 11.2. The predicted octanol–water partition coefficient (Wildman–Crippen LogP) is 2.84. The van der Waals surface area contributed by atoms with Crippen LogP contribution in [0, 0.1) is 6.92 Å². The standard InChI is InChI=1S/C17H16N4O2/c1-9-8-12(23-2)13(10-5-7-18-14(9)10)15(22)17-20-11-4-3-6-19-16(11)21-17/h3-8,15,18,22H,1-2H3,(H,19,20,21). The third-order valence-electron chi connectivity index (χ3n) is 4.07. The Morgan fingerprint density at radius 1 is 1.30 bits per heavy atom. The van der Waals surface area contributed by atoms with Crippen molar-refractivity contribution in [1.82, 2.24) is 19.9 Å². The lowest BCUT2D eigenvalue weighted by Gasteiger charge is -2.15. The second kappa shape index (κ2) is 5.10. The zero-order chi connectivity index (χ0) is 16.0. The first-order valence-electron chi connectivity index (χ1n) is 7.32. The molecule has 6 nitrogen and oxygen atoms in total. The summed E-state index contributed by atoms with van der Waals surface area (Å²) in [7, 11) is 1.60. The normalized spacial score (nSPS) is 12.8. The molecule has 4 rings (SSSR count). The lowest BCUT2D eigenvalue weighted by molar-refractivity contribution is 0.208. The lowest BCUT2D eigenvalue weighted by atomic mass is 10.00. The third-order valence-corrected chi connectivity index (χ3v) is 4.07. The summed E-state index contributed by atoms with van der Waals surface area (Å²) in [4.78, 5) is 14.9. The first kappa shape index (κ1) is 13.8. The zero-order valence-corrected chi connectivity index (χ0v) is 12.8. The fourth-order valence-corrected chi connectivity index (χ4v) is 2.98. The molecule has 0 radical (unpaired) electrons. The van der Waals surface area contributed by atoms with Gasteiger partial charge < -0.3 is 19.8 Å². The maximum atomic E-state index is 10.9. The van der Waals surface area contributed by atoms with Crippen molar-refractivity contribution in [3.8, 4) is 5.75 Å². The Bertz CT molecular complexity index is 969. The van der Waals surface area contributed by atoms with Gasteiger partial charge in [0, 0.05) is 28.9 Å². The largest absolute Gasteiger partial charge is 0.496 e. The zero-order valence-electron chi connectivity index (χ0n) is 12.8. The van der Waals surface area contributed by atoms with Crippen LogP contribution in [0.15, 0.2) is 36.7 Å². The molecule has 116 valence electrons. The van der Waals surface area contributed by atoms with Gasteiger partial charge in [0.15, 0.2) is 5.65 Å². The van der Waals surface area contributed by atoms with Gasteiger partial charge in [-0.3, -0.25) is 0 Å². The summed E-state index contributed by atoms with van der Waals surface area (Å²) in [5, 5.41) is 11.8. The first-order valence-corrected chi connectivity index (χ1v) is 7.32. The van der Waals surface area contributed by atoms with Gasteiger partial charge in [0.05, 0.1) is 12.6 Å². The van der Waals surface area contributed by atoms with E-state index in [1.807, 2.05) is 37.4 Å². The summed E-state index contributed by atoms with van der Waals surface area (Å²) in [6, 6.07) is 7.56. The second-order valence-electron chi connectivity index (χ2n) is 5.47. The maximum absolute atomic E-state index is 10.9. The molecule has 0 aliphatic carbocycles. The molecule has 4 aromatic rings. The van der Waals surface area contributed by atoms with Crippen molar-refractivity contribution in [3.63, 3.8) is 0 Å². The molecule has 3 aromatic heterocycles. The van der Waals surface area contributed by atoms with Crippen LogP contribution in [0.5, 0.6) is 5.75 Å². The number of benzene rings is 1. The summed E-state index contributed by atoms with van der Waals surface area (Å²) >= 11 is 0. The lowest BCUT2D eigenvalue weighted by Crippen LogP contribution is -2.05. The monoisotopic (exact) mass is 308 g/mol. The number of rotatable bonds is 3. The maximum Gasteiger partial charge on any atom is 0.177 e. The average Bonchev–Trinajstić information content (AvgIpc) is 3.20. The molecule has 1 unspecified atom stereocenters. The van der Waals surface area contributed by atoms with E-state index in [2.05, 4.69) is 19.9 Å². The van der Waals surface area contributed by atoms with E-state index in [4.69, 9.17) is 4.74 Å². The van der Waals surface area contributed by atoms with Crippen LogP contribution in [0.1, 0.15) is 23.1 Å². The Balaban J connectivity index is 1.93.